The van der Waals surface area contributed by atoms with E-state index in [-0.39, 0.29) is 12.5 Å². The molecule has 0 aromatic rings. The number of hydrogen-bond donors (Lipinski definition) is 0. The van der Waals surface area contributed by atoms with Crippen molar-refractivity contribution in [2.75, 3.05) is 53.6 Å². The molecule has 1 heterocycles. The molecule has 6 nitrogen and oxygen atoms in total. The van der Waals surface area contributed by atoms with Gasteiger partial charge < -0.3 is 9.80 Å². The van der Waals surface area contributed by atoms with Gasteiger partial charge in [-0.15, -0.1) is 0 Å². The normalized spacial score (nSPS) is 21.0. The molecule has 1 unspecified atom stereocenters. The molecule has 1 saturated heterocycles. The Labute approximate surface area is 110 Å². The van der Waals surface area contributed by atoms with Crippen LogP contribution in [0, 0.1) is 5.92 Å². The summed E-state index contributed by atoms with van der Waals surface area (Å²) in [5.74, 6) is 0.386. The van der Waals surface area contributed by atoms with Gasteiger partial charge in [-0.2, -0.15) is 4.31 Å². The molecule has 106 valence electrons. The van der Waals surface area contributed by atoms with Crippen molar-refractivity contribution >= 4 is 15.9 Å². The van der Waals surface area contributed by atoms with E-state index in [1.807, 2.05) is 14.1 Å². The summed E-state index contributed by atoms with van der Waals surface area (Å²) in [4.78, 5) is 15.8. The van der Waals surface area contributed by atoms with Crippen LogP contribution in [0.25, 0.3) is 0 Å². The van der Waals surface area contributed by atoms with Crippen molar-refractivity contribution in [3.05, 3.63) is 0 Å². The molecule has 0 saturated carbocycles. The van der Waals surface area contributed by atoms with Gasteiger partial charge in [-0.25, -0.2) is 8.42 Å². The first-order valence-corrected chi connectivity index (χ1v) is 7.89. The standard InChI is InChI=1S/C11H23N3O3S/c1-12(2)7-10-5-6-14(8-10)11(15)9-13(3)18(4,16)17/h10H,5-9H2,1-4H3. The minimum Gasteiger partial charge on any atom is -0.341 e. The van der Waals surface area contributed by atoms with Crippen molar-refractivity contribution in [3.63, 3.8) is 0 Å². The van der Waals surface area contributed by atoms with Crippen molar-refractivity contribution in [1.29, 1.82) is 0 Å². The first-order valence-electron chi connectivity index (χ1n) is 6.04. The summed E-state index contributed by atoms with van der Waals surface area (Å²) < 4.78 is 23.6. The molecule has 1 aliphatic rings. The summed E-state index contributed by atoms with van der Waals surface area (Å²) in [5.41, 5.74) is 0. The zero-order chi connectivity index (χ0) is 13.9. The van der Waals surface area contributed by atoms with Crippen molar-refractivity contribution in [1.82, 2.24) is 14.1 Å². The van der Waals surface area contributed by atoms with E-state index in [2.05, 4.69) is 4.90 Å². The average Bonchev–Trinajstić information content (AvgIpc) is 2.63. The molecule has 0 aromatic carbocycles. The quantitative estimate of drug-likeness (QED) is 0.666. The van der Waals surface area contributed by atoms with Crippen LogP contribution in [-0.2, 0) is 14.8 Å². The largest absolute Gasteiger partial charge is 0.341 e. The van der Waals surface area contributed by atoms with Crippen LogP contribution in [0.15, 0.2) is 0 Å². The molecule has 0 aromatic heterocycles. The van der Waals surface area contributed by atoms with Gasteiger partial charge in [0.1, 0.15) is 0 Å². The van der Waals surface area contributed by atoms with E-state index in [1.165, 1.54) is 7.05 Å². The van der Waals surface area contributed by atoms with E-state index < -0.39 is 10.0 Å². The van der Waals surface area contributed by atoms with Gasteiger partial charge in [0.2, 0.25) is 15.9 Å². The monoisotopic (exact) mass is 277 g/mol. The molecule has 18 heavy (non-hydrogen) atoms. The summed E-state index contributed by atoms with van der Waals surface area (Å²) in [6.07, 6.45) is 2.10. The molecule has 0 bridgehead atoms. The first kappa shape index (κ1) is 15.4. The number of amides is 1. The number of rotatable bonds is 5. The lowest BCUT2D eigenvalue weighted by atomic mass is 10.1. The summed E-state index contributed by atoms with van der Waals surface area (Å²) >= 11 is 0. The lowest BCUT2D eigenvalue weighted by Gasteiger charge is -2.21. The average molecular weight is 277 g/mol. The Morgan fingerprint density at radius 3 is 2.44 bits per heavy atom. The van der Waals surface area contributed by atoms with Crippen molar-refractivity contribution < 1.29 is 13.2 Å². The Hall–Kier alpha value is -0.660. The van der Waals surface area contributed by atoms with Crippen LogP contribution >= 0.6 is 0 Å². The van der Waals surface area contributed by atoms with Gasteiger partial charge in [0.15, 0.2) is 0 Å². The van der Waals surface area contributed by atoms with Gasteiger partial charge in [-0.1, -0.05) is 0 Å². The molecular formula is C11H23N3O3S. The van der Waals surface area contributed by atoms with Crippen LogP contribution < -0.4 is 0 Å². The fraction of sp³-hybridized carbons (Fsp3) is 0.909. The molecule has 1 aliphatic heterocycles. The highest BCUT2D eigenvalue weighted by Crippen LogP contribution is 2.17. The highest BCUT2D eigenvalue weighted by Gasteiger charge is 2.28. The molecule has 0 spiro atoms. The summed E-state index contributed by atoms with van der Waals surface area (Å²) in [6.45, 7) is 2.36. The SMILES string of the molecule is CN(C)CC1CCN(C(=O)CN(C)S(C)(=O)=O)C1. The van der Waals surface area contributed by atoms with Gasteiger partial charge in [-0.3, -0.25) is 4.79 Å². The predicted octanol–water partition coefficient (Wildman–Crippen LogP) is -0.712. The van der Waals surface area contributed by atoms with E-state index in [1.54, 1.807) is 4.90 Å². The number of sulfonamides is 1. The molecule has 7 heteroatoms. The van der Waals surface area contributed by atoms with E-state index >= 15 is 0 Å². The number of hydrogen-bond acceptors (Lipinski definition) is 4. The number of likely N-dealkylation sites (tertiary alicyclic amines) is 1. The predicted molar refractivity (Wildman–Crippen MR) is 70.7 cm³/mol. The first-order chi connectivity index (χ1) is 8.20. The third-order valence-electron chi connectivity index (χ3n) is 3.19. The van der Waals surface area contributed by atoms with Crippen LogP contribution in [0.3, 0.4) is 0 Å². The molecule has 0 radical (unpaired) electrons. The summed E-state index contributed by atoms with van der Waals surface area (Å²) in [5, 5.41) is 0. The molecule has 1 rings (SSSR count). The van der Waals surface area contributed by atoms with Gasteiger partial charge in [-0.05, 0) is 26.4 Å². The molecule has 0 N–H and O–H groups in total. The number of carbonyl (C=O) groups excluding carboxylic acids is 1. The van der Waals surface area contributed by atoms with E-state index in [0.29, 0.717) is 5.92 Å². The Morgan fingerprint density at radius 2 is 1.94 bits per heavy atom. The number of likely N-dealkylation sites (N-methyl/N-ethyl adjacent to an activating group) is 1. The Balaban J connectivity index is 2.45. The van der Waals surface area contributed by atoms with Crippen LogP contribution in [0.5, 0.6) is 0 Å². The minimum absolute atomic E-state index is 0.0620. The van der Waals surface area contributed by atoms with Crippen molar-refractivity contribution in [2.45, 2.75) is 6.42 Å². The van der Waals surface area contributed by atoms with E-state index in [9.17, 15) is 13.2 Å². The zero-order valence-corrected chi connectivity index (χ0v) is 12.4. The lowest BCUT2D eigenvalue weighted by molar-refractivity contribution is -0.130. The second-order valence-corrected chi connectivity index (χ2v) is 7.37. The van der Waals surface area contributed by atoms with Crippen LogP contribution in [0.1, 0.15) is 6.42 Å². The maximum absolute atomic E-state index is 11.9. The molecule has 1 amide bonds. The van der Waals surface area contributed by atoms with E-state index in [4.69, 9.17) is 0 Å². The van der Waals surface area contributed by atoms with Gasteiger partial charge in [0.25, 0.3) is 0 Å². The summed E-state index contributed by atoms with van der Waals surface area (Å²) in [7, 11) is 2.18. The number of carbonyl (C=O) groups is 1. The van der Waals surface area contributed by atoms with Crippen molar-refractivity contribution in [3.8, 4) is 0 Å². The third-order valence-corrected chi connectivity index (χ3v) is 4.45. The maximum atomic E-state index is 11.9. The second kappa shape index (κ2) is 5.99. The van der Waals surface area contributed by atoms with Crippen LogP contribution in [0.2, 0.25) is 0 Å². The van der Waals surface area contributed by atoms with Crippen LogP contribution in [-0.4, -0.2) is 82.0 Å². The molecule has 1 atom stereocenters. The molecule has 0 aliphatic carbocycles. The van der Waals surface area contributed by atoms with Crippen LogP contribution in [0.4, 0.5) is 0 Å². The highest BCUT2D eigenvalue weighted by atomic mass is 32.2. The zero-order valence-electron chi connectivity index (χ0n) is 11.6. The fourth-order valence-corrected chi connectivity index (χ4v) is 2.48. The Bertz CT molecular complexity index is 394. The summed E-state index contributed by atoms with van der Waals surface area (Å²) in [6, 6.07) is 0. The number of nitrogens with zero attached hydrogens (tertiary/aromatic N) is 3. The van der Waals surface area contributed by atoms with E-state index in [0.717, 1.165) is 36.6 Å². The van der Waals surface area contributed by atoms with Crippen molar-refractivity contribution in [2.24, 2.45) is 5.92 Å². The molecular weight excluding hydrogens is 254 g/mol. The smallest absolute Gasteiger partial charge is 0.237 e. The fourth-order valence-electron chi connectivity index (χ4n) is 2.13. The topological polar surface area (TPSA) is 60.9 Å². The Kier molecular flexibility index (Phi) is 5.12. The third kappa shape index (κ3) is 4.55. The van der Waals surface area contributed by atoms with Gasteiger partial charge in [0, 0.05) is 26.7 Å². The Morgan fingerprint density at radius 1 is 1.33 bits per heavy atom. The minimum atomic E-state index is -3.28. The maximum Gasteiger partial charge on any atom is 0.237 e. The molecule has 1 fully saturated rings. The van der Waals surface area contributed by atoms with Gasteiger partial charge >= 0.3 is 0 Å². The second-order valence-electron chi connectivity index (χ2n) is 5.28. The highest BCUT2D eigenvalue weighted by molar-refractivity contribution is 7.88. The lowest BCUT2D eigenvalue weighted by Crippen LogP contribution is -2.40. The van der Waals surface area contributed by atoms with Gasteiger partial charge in [0.05, 0.1) is 12.8 Å².